The first-order valence-electron chi connectivity index (χ1n) is 8.02. The summed E-state index contributed by atoms with van der Waals surface area (Å²) in [4.78, 5) is 37.0. The third kappa shape index (κ3) is 4.81. The molecule has 1 atom stereocenters. The van der Waals surface area contributed by atoms with E-state index >= 15 is 0 Å². The maximum Gasteiger partial charge on any atom is 0.326 e. The number of benzene rings is 1. The minimum absolute atomic E-state index is 0.121. The van der Waals surface area contributed by atoms with Gasteiger partial charge in [-0.2, -0.15) is 0 Å². The number of ether oxygens (including phenoxy) is 1. The van der Waals surface area contributed by atoms with Crippen molar-refractivity contribution in [2.24, 2.45) is 0 Å². The molecule has 1 heterocycles. The molecule has 1 aromatic carbocycles. The van der Waals surface area contributed by atoms with Crippen LogP contribution in [0.2, 0.25) is 0 Å². The molecule has 130 valence electrons. The van der Waals surface area contributed by atoms with Gasteiger partial charge < -0.3 is 9.64 Å². The highest BCUT2D eigenvalue weighted by molar-refractivity contribution is 6.01. The lowest BCUT2D eigenvalue weighted by atomic mass is 9.90. The first-order valence-corrected chi connectivity index (χ1v) is 8.02. The van der Waals surface area contributed by atoms with E-state index in [1.807, 2.05) is 45.0 Å². The highest BCUT2D eigenvalue weighted by atomic mass is 16.6. The number of hydrogen-bond donors (Lipinski definition) is 1. The number of carbonyl (C=O) groups excluding carboxylic acids is 3. The summed E-state index contributed by atoms with van der Waals surface area (Å²) in [7, 11) is 1.80. The van der Waals surface area contributed by atoms with Crippen molar-refractivity contribution in [3.63, 3.8) is 0 Å². The van der Waals surface area contributed by atoms with E-state index in [-0.39, 0.29) is 30.2 Å². The van der Waals surface area contributed by atoms with E-state index in [1.54, 1.807) is 11.9 Å². The number of amides is 2. The Morgan fingerprint density at radius 3 is 2.67 bits per heavy atom. The summed E-state index contributed by atoms with van der Waals surface area (Å²) in [5.74, 6) is -1.14. The smallest absolute Gasteiger partial charge is 0.326 e. The van der Waals surface area contributed by atoms with Crippen molar-refractivity contribution in [1.82, 2.24) is 5.32 Å². The van der Waals surface area contributed by atoms with Gasteiger partial charge in [0.05, 0.1) is 5.92 Å². The Kier molecular flexibility index (Phi) is 5.26. The van der Waals surface area contributed by atoms with Crippen LogP contribution >= 0.6 is 0 Å². The molecule has 1 aromatic rings. The van der Waals surface area contributed by atoms with Crippen LogP contribution in [0.1, 0.15) is 45.1 Å². The summed E-state index contributed by atoms with van der Waals surface area (Å²) < 4.78 is 5.32. The fourth-order valence-corrected chi connectivity index (χ4v) is 2.65. The predicted molar refractivity (Wildman–Crippen MR) is 90.7 cm³/mol. The molecule has 0 aliphatic carbocycles. The number of carbonyl (C=O) groups is 3. The first-order chi connectivity index (χ1) is 11.2. The summed E-state index contributed by atoms with van der Waals surface area (Å²) in [6.07, 6.45) is 0.846. The van der Waals surface area contributed by atoms with Crippen LogP contribution in [0.5, 0.6) is 0 Å². The molecule has 0 bridgehead atoms. The molecular weight excluding hydrogens is 308 g/mol. The maximum absolute atomic E-state index is 12.0. The Morgan fingerprint density at radius 2 is 2.04 bits per heavy atom. The van der Waals surface area contributed by atoms with Gasteiger partial charge in [-0.05, 0) is 44.9 Å². The largest absolute Gasteiger partial charge is 0.459 e. The molecule has 24 heavy (non-hydrogen) atoms. The number of imide groups is 1. The van der Waals surface area contributed by atoms with Gasteiger partial charge in [-0.25, -0.2) is 0 Å². The summed E-state index contributed by atoms with van der Waals surface area (Å²) >= 11 is 0. The molecule has 2 rings (SSSR count). The maximum atomic E-state index is 12.0. The molecular formula is C18H24N2O4. The van der Waals surface area contributed by atoms with Crippen LogP contribution in [-0.2, 0) is 19.1 Å². The number of anilines is 1. The second kappa shape index (κ2) is 7.03. The third-order valence-corrected chi connectivity index (χ3v) is 3.74. The average Bonchev–Trinajstić information content (AvgIpc) is 2.45. The topological polar surface area (TPSA) is 75.7 Å². The minimum Gasteiger partial charge on any atom is -0.459 e. The number of rotatable bonds is 4. The Bertz CT molecular complexity index is 649. The van der Waals surface area contributed by atoms with Gasteiger partial charge in [0.25, 0.3) is 0 Å². The van der Waals surface area contributed by atoms with Crippen LogP contribution in [-0.4, -0.2) is 37.0 Å². The van der Waals surface area contributed by atoms with Crippen molar-refractivity contribution < 1.29 is 19.1 Å². The summed E-state index contributed by atoms with van der Waals surface area (Å²) in [5.41, 5.74) is 1.14. The Morgan fingerprint density at radius 1 is 1.33 bits per heavy atom. The van der Waals surface area contributed by atoms with E-state index in [0.717, 1.165) is 11.3 Å². The average molecular weight is 332 g/mol. The van der Waals surface area contributed by atoms with Gasteiger partial charge in [-0.1, -0.05) is 12.1 Å². The second-order valence-electron chi connectivity index (χ2n) is 7.04. The van der Waals surface area contributed by atoms with E-state index in [0.29, 0.717) is 12.8 Å². The van der Waals surface area contributed by atoms with Crippen LogP contribution in [0, 0.1) is 0 Å². The van der Waals surface area contributed by atoms with Gasteiger partial charge >= 0.3 is 5.97 Å². The molecule has 1 saturated heterocycles. The molecule has 1 aliphatic rings. The number of hydrogen-bond acceptors (Lipinski definition) is 5. The Hall–Kier alpha value is -2.37. The molecule has 1 fully saturated rings. The molecule has 0 saturated carbocycles. The van der Waals surface area contributed by atoms with E-state index in [2.05, 4.69) is 5.32 Å². The van der Waals surface area contributed by atoms with Crippen molar-refractivity contribution >= 4 is 23.5 Å². The van der Waals surface area contributed by atoms with E-state index in [4.69, 9.17) is 4.74 Å². The number of esters is 1. The van der Waals surface area contributed by atoms with Gasteiger partial charge in [0, 0.05) is 19.2 Å². The zero-order valence-electron chi connectivity index (χ0n) is 14.6. The fraction of sp³-hybridized carbons (Fsp3) is 0.500. The van der Waals surface area contributed by atoms with E-state index in [1.165, 1.54) is 0 Å². The summed E-state index contributed by atoms with van der Waals surface area (Å²) in [5, 5.41) is 2.37. The number of nitrogens with one attached hydrogen (secondary N) is 1. The third-order valence-electron chi connectivity index (χ3n) is 3.74. The summed E-state index contributed by atoms with van der Waals surface area (Å²) in [6, 6.07) is 7.47. The second-order valence-corrected chi connectivity index (χ2v) is 7.04. The summed E-state index contributed by atoms with van der Waals surface area (Å²) in [6.45, 7) is 5.60. The molecule has 1 unspecified atom stereocenters. The van der Waals surface area contributed by atoms with Crippen molar-refractivity contribution in [3.8, 4) is 0 Å². The van der Waals surface area contributed by atoms with Crippen LogP contribution in [0.15, 0.2) is 24.3 Å². The van der Waals surface area contributed by atoms with Crippen LogP contribution in [0.25, 0.3) is 0 Å². The Balaban J connectivity index is 2.08. The first kappa shape index (κ1) is 18.0. The van der Waals surface area contributed by atoms with Gasteiger partial charge in [-0.3, -0.25) is 19.7 Å². The number of nitrogens with zero attached hydrogens (tertiary/aromatic N) is 1. The lowest BCUT2D eigenvalue weighted by Gasteiger charge is -2.25. The number of likely N-dealkylation sites (N-methyl/N-ethyl adjacent to an activating group) is 1. The fourth-order valence-electron chi connectivity index (χ4n) is 2.65. The highest BCUT2D eigenvalue weighted by Gasteiger charge is 2.28. The predicted octanol–water partition coefficient (Wildman–Crippen LogP) is 1.98. The quantitative estimate of drug-likeness (QED) is 0.674. The molecule has 0 spiro atoms. The molecule has 0 radical (unpaired) electrons. The molecule has 6 heteroatoms. The van der Waals surface area contributed by atoms with Gasteiger partial charge in [0.15, 0.2) is 0 Å². The zero-order chi connectivity index (χ0) is 17.9. The van der Waals surface area contributed by atoms with Crippen LogP contribution in [0.4, 0.5) is 5.69 Å². The Labute approximate surface area is 142 Å². The van der Waals surface area contributed by atoms with Gasteiger partial charge in [0.2, 0.25) is 11.8 Å². The van der Waals surface area contributed by atoms with E-state index < -0.39 is 5.60 Å². The monoisotopic (exact) mass is 332 g/mol. The molecule has 2 amide bonds. The van der Waals surface area contributed by atoms with Crippen molar-refractivity contribution in [1.29, 1.82) is 0 Å². The molecule has 6 nitrogen and oxygen atoms in total. The van der Waals surface area contributed by atoms with Crippen molar-refractivity contribution in [3.05, 3.63) is 29.8 Å². The SMILES string of the molecule is CN(CC(=O)OC(C)(C)C)c1cccc(C2CCC(=O)NC2=O)c1. The lowest BCUT2D eigenvalue weighted by molar-refractivity contribution is -0.153. The van der Waals surface area contributed by atoms with Crippen LogP contribution < -0.4 is 10.2 Å². The molecule has 1 aliphatic heterocycles. The van der Waals surface area contributed by atoms with Gasteiger partial charge in [-0.15, -0.1) is 0 Å². The normalized spacial score (nSPS) is 18.1. The van der Waals surface area contributed by atoms with Gasteiger partial charge in [0.1, 0.15) is 12.1 Å². The number of piperidine rings is 1. The van der Waals surface area contributed by atoms with Crippen molar-refractivity contribution in [2.45, 2.75) is 45.1 Å². The lowest BCUT2D eigenvalue weighted by Crippen LogP contribution is -2.39. The highest BCUT2D eigenvalue weighted by Crippen LogP contribution is 2.27. The van der Waals surface area contributed by atoms with E-state index in [9.17, 15) is 14.4 Å². The molecule has 0 aromatic heterocycles. The zero-order valence-corrected chi connectivity index (χ0v) is 14.6. The molecule has 1 N–H and O–H groups in total. The van der Waals surface area contributed by atoms with Crippen molar-refractivity contribution in [2.75, 3.05) is 18.5 Å². The minimum atomic E-state index is -0.521. The van der Waals surface area contributed by atoms with Crippen LogP contribution in [0.3, 0.4) is 0 Å². The standard InChI is InChI=1S/C18H24N2O4/c1-18(2,3)24-16(22)11-20(4)13-7-5-6-12(10-13)14-8-9-15(21)19-17(14)23/h5-7,10,14H,8-9,11H2,1-4H3,(H,19,21,23).